The maximum absolute atomic E-state index is 13.4. The lowest BCUT2D eigenvalue weighted by molar-refractivity contribution is 0.626. The van der Waals surface area contributed by atoms with Gasteiger partial charge in [-0.25, -0.2) is 9.37 Å². The minimum atomic E-state index is -0.462. The normalized spacial score (nSPS) is 10.8. The number of hydrogen-bond donors (Lipinski definition) is 1. The molecule has 0 spiro atoms. The van der Waals surface area contributed by atoms with Crippen LogP contribution < -0.4 is 5.73 Å². The number of nitrogens with two attached hydrogens (primary N) is 1. The number of anilines is 1. The molecule has 0 aliphatic heterocycles. The Morgan fingerprint density at radius 3 is 2.76 bits per heavy atom. The van der Waals surface area contributed by atoms with E-state index in [0.29, 0.717) is 26.8 Å². The first-order valence-corrected chi connectivity index (χ1v) is 7.01. The average molecular weight is 366 g/mol. The van der Waals surface area contributed by atoms with Crippen molar-refractivity contribution in [2.24, 2.45) is 0 Å². The van der Waals surface area contributed by atoms with Gasteiger partial charge in [-0.3, -0.25) is 4.57 Å². The van der Waals surface area contributed by atoms with Gasteiger partial charge in [-0.2, -0.15) is 5.26 Å². The van der Waals surface area contributed by atoms with E-state index in [-0.39, 0.29) is 11.0 Å². The summed E-state index contributed by atoms with van der Waals surface area (Å²) in [7, 11) is 0. The van der Waals surface area contributed by atoms with Gasteiger partial charge in [0.05, 0.1) is 33.4 Å². The summed E-state index contributed by atoms with van der Waals surface area (Å²) in [5.41, 5.74) is 8.15. The molecule has 3 rings (SSSR count). The number of halogens is 3. The van der Waals surface area contributed by atoms with E-state index in [1.807, 2.05) is 0 Å². The van der Waals surface area contributed by atoms with Crippen molar-refractivity contribution in [2.45, 2.75) is 0 Å². The molecular formula is C14H7BrClFN4. The van der Waals surface area contributed by atoms with E-state index >= 15 is 0 Å². The van der Waals surface area contributed by atoms with Gasteiger partial charge in [0.25, 0.3) is 0 Å². The predicted molar refractivity (Wildman–Crippen MR) is 82.9 cm³/mol. The second kappa shape index (κ2) is 5.02. The summed E-state index contributed by atoms with van der Waals surface area (Å²) in [6.07, 6.45) is 0. The van der Waals surface area contributed by atoms with E-state index in [1.54, 1.807) is 22.8 Å². The van der Waals surface area contributed by atoms with Crippen molar-refractivity contribution in [1.82, 2.24) is 9.55 Å². The predicted octanol–water partition coefficient (Wildman–Crippen LogP) is 4.03. The molecule has 0 fully saturated rings. The number of nitrogen functional groups attached to an aromatic ring is 1. The van der Waals surface area contributed by atoms with E-state index < -0.39 is 5.82 Å². The smallest absolute Gasteiger partial charge is 0.206 e. The lowest BCUT2D eigenvalue weighted by atomic mass is 10.2. The monoisotopic (exact) mass is 364 g/mol. The summed E-state index contributed by atoms with van der Waals surface area (Å²) in [6, 6.07) is 9.56. The molecular weight excluding hydrogens is 359 g/mol. The van der Waals surface area contributed by atoms with Crippen molar-refractivity contribution >= 4 is 44.5 Å². The van der Waals surface area contributed by atoms with Crippen LogP contribution in [0.25, 0.3) is 16.7 Å². The zero-order valence-corrected chi connectivity index (χ0v) is 12.8. The Morgan fingerprint density at radius 1 is 1.33 bits per heavy atom. The largest absolute Gasteiger partial charge is 0.369 e. The second-order valence-corrected chi connectivity index (χ2v) is 5.60. The Hall–Kier alpha value is -2.10. The fourth-order valence-electron chi connectivity index (χ4n) is 2.15. The molecule has 1 aromatic heterocycles. The van der Waals surface area contributed by atoms with Gasteiger partial charge in [0.2, 0.25) is 5.95 Å². The van der Waals surface area contributed by atoms with Crippen molar-refractivity contribution < 1.29 is 4.39 Å². The van der Waals surface area contributed by atoms with Crippen molar-refractivity contribution in [3.8, 4) is 11.8 Å². The van der Waals surface area contributed by atoms with Gasteiger partial charge < -0.3 is 5.73 Å². The lowest BCUT2D eigenvalue weighted by Crippen LogP contribution is -2.03. The first kappa shape index (κ1) is 13.9. The number of benzene rings is 2. The van der Waals surface area contributed by atoms with Crippen LogP contribution in [0.5, 0.6) is 0 Å². The van der Waals surface area contributed by atoms with Crippen LogP contribution in [0.15, 0.2) is 34.8 Å². The number of nitriles is 1. The van der Waals surface area contributed by atoms with Crippen LogP contribution in [0.3, 0.4) is 0 Å². The summed E-state index contributed by atoms with van der Waals surface area (Å²) >= 11 is 9.41. The minimum Gasteiger partial charge on any atom is -0.369 e. The molecule has 2 N–H and O–H groups in total. The Kier molecular flexibility index (Phi) is 3.32. The minimum absolute atomic E-state index is 0.190. The number of hydrogen-bond acceptors (Lipinski definition) is 3. The molecule has 2 aromatic carbocycles. The molecule has 1 heterocycles. The topological polar surface area (TPSA) is 67.6 Å². The molecule has 0 aliphatic carbocycles. The highest BCUT2D eigenvalue weighted by Gasteiger charge is 2.17. The summed E-state index contributed by atoms with van der Waals surface area (Å²) < 4.78 is 15.4. The van der Waals surface area contributed by atoms with Crippen molar-refractivity contribution in [3.63, 3.8) is 0 Å². The van der Waals surface area contributed by atoms with Crippen LogP contribution in [-0.4, -0.2) is 9.55 Å². The molecule has 104 valence electrons. The highest BCUT2D eigenvalue weighted by atomic mass is 79.9. The maximum atomic E-state index is 13.4. The van der Waals surface area contributed by atoms with E-state index in [0.717, 1.165) is 0 Å². The van der Waals surface area contributed by atoms with Crippen molar-refractivity contribution in [3.05, 3.63) is 51.2 Å². The SMILES string of the molecule is N#Cc1ccc2nc(N)n(-c3c(Cl)cc(F)cc3Br)c2c1. The van der Waals surface area contributed by atoms with Crippen LogP contribution in [0.2, 0.25) is 5.02 Å². The zero-order valence-electron chi connectivity index (χ0n) is 10.4. The molecule has 7 heteroatoms. The van der Waals surface area contributed by atoms with Crippen LogP contribution >= 0.6 is 27.5 Å². The van der Waals surface area contributed by atoms with E-state index in [4.69, 9.17) is 22.6 Å². The van der Waals surface area contributed by atoms with Gasteiger partial charge in [0.1, 0.15) is 5.82 Å². The van der Waals surface area contributed by atoms with Crippen LogP contribution in [0, 0.1) is 17.1 Å². The number of aromatic nitrogens is 2. The summed E-state index contributed by atoms with van der Waals surface area (Å²) in [4.78, 5) is 4.23. The van der Waals surface area contributed by atoms with Crippen molar-refractivity contribution in [1.29, 1.82) is 5.26 Å². The fraction of sp³-hybridized carbons (Fsp3) is 0. The van der Waals surface area contributed by atoms with E-state index in [2.05, 4.69) is 27.0 Å². The third-order valence-corrected chi connectivity index (χ3v) is 3.91. The van der Waals surface area contributed by atoms with Crippen LogP contribution in [0.1, 0.15) is 5.56 Å². The van der Waals surface area contributed by atoms with Crippen molar-refractivity contribution in [2.75, 3.05) is 5.73 Å². The first-order valence-electron chi connectivity index (χ1n) is 5.84. The molecule has 0 bridgehead atoms. The number of imidazole rings is 1. The molecule has 0 radical (unpaired) electrons. The third kappa shape index (κ3) is 2.24. The number of rotatable bonds is 1. The molecule has 0 atom stereocenters. The maximum Gasteiger partial charge on any atom is 0.206 e. The molecule has 0 aliphatic rings. The van der Waals surface area contributed by atoms with Gasteiger partial charge >= 0.3 is 0 Å². The third-order valence-electron chi connectivity index (χ3n) is 3.01. The zero-order chi connectivity index (χ0) is 15.1. The summed E-state index contributed by atoms with van der Waals surface area (Å²) in [6.45, 7) is 0. The first-order chi connectivity index (χ1) is 10.0. The van der Waals surface area contributed by atoms with E-state index in [9.17, 15) is 4.39 Å². The average Bonchev–Trinajstić information content (AvgIpc) is 2.73. The highest BCUT2D eigenvalue weighted by molar-refractivity contribution is 9.10. The van der Waals surface area contributed by atoms with Gasteiger partial charge in [-0.1, -0.05) is 11.6 Å². The van der Waals surface area contributed by atoms with Crippen LogP contribution in [0.4, 0.5) is 10.3 Å². The van der Waals surface area contributed by atoms with Gasteiger partial charge in [0, 0.05) is 4.47 Å². The molecule has 0 unspecified atom stereocenters. The van der Waals surface area contributed by atoms with E-state index in [1.165, 1.54) is 12.1 Å². The Labute approximate surface area is 132 Å². The number of nitrogens with zero attached hydrogens (tertiary/aromatic N) is 3. The number of fused-ring (bicyclic) bond motifs is 1. The molecule has 3 aromatic rings. The Morgan fingerprint density at radius 2 is 2.10 bits per heavy atom. The fourth-order valence-corrected chi connectivity index (χ4v) is 3.16. The second-order valence-electron chi connectivity index (χ2n) is 4.34. The van der Waals surface area contributed by atoms with Gasteiger partial charge in [-0.05, 0) is 46.3 Å². The Balaban J connectivity index is 2.40. The van der Waals surface area contributed by atoms with Gasteiger partial charge in [-0.15, -0.1) is 0 Å². The molecule has 0 saturated heterocycles. The lowest BCUT2D eigenvalue weighted by Gasteiger charge is -2.11. The Bertz CT molecular complexity index is 890. The molecule has 0 saturated carbocycles. The highest BCUT2D eigenvalue weighted by Crippen LogP contribution is 2.34. The molecule has 0 amide bonds. The quantitative estimate of drug-likeness (QED) is 0.708. The standard InChI is InChI=1S/C14H7BrClFN4/c15-9-4-8(17)5-10(16)13(9)21-12-3-7(6-18)1-2-11(12)20-14(21)19/h1-5H,(H2,19,20). The summed E-state index contributed by atoms with van der Waals surface area (Å²) in [5, 5.41) is 9.21. The van der Waals surface area contributed by atoms with Gasteiger partial charge in [0.15, 0.2) is 0 Å². The summed E-state index contributed by atoms with van der Waals surface area (Å²) in [5.74, 6) is -0.259. The van der Waals surface area contributed by atoms with Crippen LogP contribution in [-0.2, 0) is 0 Å². The molecule has 21 heavy (non-hydrogen) atoms. The molecule has 4 nitrogen and oxygen atoms in total.